The highest BCUT2D eigenvalue weighted by Gasteiger charge is 2.41. The number of nitrogens with one attached hydrogen (secondary N) is 1. The second kappa shape index (κ2) is 11.1. The van der Waals surface area contributed by atoms with E-state index in [-0.39, 0.29) is 18.8 Å². The maximum Gasteiger partial charge on any atom is 0.303 e. The molecule has 1 fully saturated rings. The minimum atomic E-state index is -4.68. The Balaban J connectivity index is 1.90. The molecule has 0 radical (unpaired) electrons. The summed E-state index contributed by atoms with van der Waals surface area (Å²) < 4.78 is 44.5. The first-order chi connectivity index (χ1) is 17.4. The number of aliphatic imine (C=N–C) groups is 1. The molecule has 3 N–H and O–H groups in total. The standard InChI is InChI=1S/C20H22N6O10S/c1-11(27)34-8-15-14(35-12(2)28)7-17(36-15)25-10-23-18(19(25)22-9-21)20(29)24-37(32,33)16-6-4-3-5-13(16)26(30)31/h3-6,9-10,14-15,17H,7-8H2,1-2H3,(H2,21,22)(H,24,29)/t14-,15+,17+/m0/s1/i21+1. The first-order valence-corrected chi connectivity index (χ1v) is 12.0. The van der Waals surface area contributed by atoms with Crippen molar-refractivity contribution in [2.75, 3.05) is 6.61 Å². The fourth-order valence-electron chi connectivity index (χ4n) is 3.54. The van der Waals surface area contributed by atoms with Gasteiger partial charge in [0, 0.05) is 26.3 Å². The van der Waals surface area contributed by atoms with E-state index in [1.165, 1.54) is 30.5 Å². The molecule has 2 heterocycles. The Labute approximate surface area is 209 Å². The van der Waals surface area contributed by atoms with Gasteiger partial charge in [0.1, 0.15) is 25.0 Å². The number of hydrogen-bond donors (Lipinski definition) is 2. The van der Waals surface area contributed by atoms with Crippen molar-refractivity contribution in [2.24, 2.45) is 10.7 Å². The van der Waals surface area contributed by atoms with E-state index in [4.69, 9.17) is 19.9 Å². The number of nitro benzene ring substituents is 1. The van der Waals surface area contributed by atoms with Crippen molar-refractivity contribution in [2.45, 2.75) is 43.6 Å². The number of para-hydroxylation sites is 1. The lowest BCUT2D eigenvalue weighted by atomic mass is 10.2. The zero-order chi connectivity index (χ0) is 27.3. The lowest BCUT2D eigenvalue weighted by Gasteiger charge is -2.17. The molecule has 37 heavy (non-hydrogen) atoms. The van der Waals surface area contributed by atoms with E-state index in [1.54, 1.807) is 4.72 Å². The van der Waals surface area contributed by atoms with Crippen molar-refractivity contribution >= 4 is 45.7 Å². The summed E-state index contributed by atoms with van der Waals surface area (Å²) in [6.45, 7) is 2.16. The molecule has 0 aliphatic carbocycles. The Morgan fingerprint density at radius 2 is 2.03 bits per heavy atom. The van der Waals surface area contributed by atoms with Crippen molar-refractivity contribution in [3.05, 3.63) is 46.4 Å². The van der Waals surface area contributed by atoms with Crippen LogP contribution in [0.4, 0.5) is 11.5 Å². The lowest BCUT2D eigenvalue weighted by Crippen LogP contribution is -2.31. The normalized spacial score (nSPS) is 19.5. The number of amides is 1. The van der Waals surface area contributed by atoms with E-state index < -0.39 is 67.5 Å². The van der Waals surface area contributed by atoms with Gasteiger partial charge >= 0.3 is 11.9 Å². The first kappa shape index (κ1) is 27.2. The summed E-state index contributed by atoms with van der Waals surface area (Å²) in [4.78, 5) is 53.0. The van der Waals surface area contributed by atoms with Crippen LogP contribution in [0.2, 0.25) is 0 Å². The molecule has 198 valence electrons. The highest BCUT2D eigenvalue weighted by atomic mass is 32.2. The van der Waals surface area contributed by atoms with Crippen LogP contribution in [0, 0.1) is 10.1 Å². The molecular weight excluding hydrogens is 517 g/mol. The Morgan fingerprint density at radius 1 is 1.32 bits per heavy atom. The average molecular weight is 539 g/mol. The number of hydrogen-bond acceptors (Lipinski definition) is 12. The van der Waals surface area contributed by atoms with Gasteiger partial charge in [0.05, 0.1) is 17.6 Å². The van der Waals surface area contributed by atoms with Crippen LogP contribution in [0.1, 0.15) is 37.0 Å². The van der Waals surface area contributed by atoms with Crippen molar-refractivity contribution in [1.29, 1.82) is 0 Å². The van der Waals surface area contributed by atoms with Crippen LogP contribution in [-0.2, 0) is 33.8 Å². The number of nitro groups is 1. The molecule has 3 rings (SSSR count). The van der Waals surface area contributed by atoms with Crippen molar-refractivity contribution in [3.8, 4) is 0 Å². The molecule has 0 saturated carbocycles. The highest BCUT2D eigenvalue weighted by Crippen LogP contribution is 2.35. The molecule has 0 bridgehead atoms. The molecule has 1 aliphatic heterocycles. The third-order valence-corrected chi connectivity index (χ3v) is 6.40. The number of aromatic nitrogens is 2. The second-order valence-corrected chi connectivity index (χ2v) is 9.23. The summed E-state index contributed by atoms with van der Waals surface area (Å²) >= 11 is 0. The third kappa shape index (κ3) is 6.25. The van der Waals surface area contributed by atoms with Gasteiger partial charge < -0.3 is 19.9 Å². The SMILES string of the molecule is CC(=O)OC[C@H]1O[C@@H](n2cnc(C(=O)NS(=O)(=O)c3ccccc3[N+](=O)[O-])c2/N=C/[15NH2])C[C@@H]1OC(C)=O. The van der Waals surface area contributed by atoms with Gasteiger partial charge in [0.25, 0.3) is 21.6 Å². The van der Waals surface area contributed by atoms with E-state index in [2.05, 4.69) is 9.98 Å². The molecule has 1 aromatic heterocycles. The van der Waals surface area contributed by atoms with Gasteiger partial charge in [-0.3, -0.25) is 29.1 Å². The van der Waals surface area contributed by atoms with Crippen molar-refractivity contribution in [1.82, 2.24) is 14.3 Å². The van der Waals surface area contributed by atoms with E-state index in [0.717, 1.165) is 24.8 Å². The van der Waals surface area contributed by atoms with Gasteiger partial charge in [-0.25, -0.2) is 23.1 Å². The fourth-order valence-corrected chi connectivity index (χ4v) is 4.67. The van der Waals surface area contributed by atoms with Crippen LogP contribution in [0.5, 0.6) is 0 Å². The second-order valence-electron chi connectivity index (χ2n) is 7.58. The van der Waals surface area contributed by atoms with Gasteiger partial charge in [-0.1, -0.05) is 12.1 Å². The first-order valence-electron chi connectivity index (χ1n) is 10.5. The van der Waals surface area contributed by atoms with E-state index in [0.29, 0.717) is 0 Å². The smallest absolute Gasteiger partial charge is 0.303 e. The summed E-state index contributed by atoms with van der Waals surface area (Å²) in [5, 5.41) is 11.2. The van der Waals surface area contributed by atoms with Gasteiger partial charge in [0.15, 0.2) is 16.4 Å². The largest absolute Gasteiger partial charge is 0.463 e. The molecule has 2 aromatic rings. The summed E-state index contributed by atoms with van der Waals surface area (Å²) in [6, 6.07) is 4.47. The number of imidazole rings is 1. The maximum atomic E-state index is 12.9. The molecule has 0 spiro atoms. The van der Waals surface area contributed by atoms with E-state index in [1.807, 2.05) is 0 Å². The predicted molar refractivity (Wildman–Crippen MR) is 123 cm³/mol. The fraction of sp³-hybridized carbons (Fsp3) is 0.350. The van der Waals surface area contributed by atoms with Crippen LogP contribution in [-0.4, -0.2) is 65.9 Å². The predicted octanol–water partition coefficient (Wildman–Crippen LogP) is 0.311. The molecule has 0 unspecified atom stereocenters. The summed E-state index contributed by atoms with van der Waals surface area (Å²) in [5.74, 6) is -2.64. The number of rotatable bonds is 9. The van der Waals surface area contributed by atoms with Crippen molar-refractivity contribution in [3.63, 3.8) is 0 Å². The summed E-state index contributed by atoms with van der Waals surface area (Å²) in [6.07, 6.45) is -0.607. The number of benzene rings is 1. The molecule has 1 aromatic carbocycles. The average Bonchev–Trinajstić information content (AvgIpc) is 3.41. The summed E-state index contributed by atoms with van der Waals surface area (Å²) in [7, 11) is -4.68. The van der Waals surface area contributed by atoms with Gasteiger partial charge in [-0.15, -0.1) is 0 Å². The number of nitrogens with two attached hydrogens (primary N) is 1. The Morgan fingerprint density at radius 3 is 2.65 bits per heavy atom. The molecule has 16 nitrogen and oxygen atoms in total. The van der Waals surface area contributed by atoms with E-state index in [9.17, 15) is 32.9 Å². The molecular formula is C20H22N6O10S. The van der Waals surface area contributed by atoms with Crippen LogP contribution in [0.25, 0.3) is 0 Å². The number of ether oxygens (including phenoxy) is 3. The highest BCUT2D eigenvalue weighted by molar-refractivity contribution is 7.90. The van der Waals surface area contributed by atoms with Crippen molar-refractivity contribution < 1.29 is 41.9 Å². The minimum Gasteiger partial charge on any atom is -0.463 e. The van der Waals surface area contributed by atoms with Gasteiger partial charge in [-0.05, 0) is 6.07 Å². The Bertz CT molecular complexity index is 1360. The number of sulfonamides is 1. The van der Waals surface area contributed by atoms with Crippen LogP contribution in [0.15, 0.2) is 40.5 Å². The van der Waals surface area contributed by atoms with Gasteiger partial charge in [-0.2, -0.15) is 0 Å². The maximum absolute atomic E-state index is 12.9. The molecule has 1 aliphatic rings. The topological polar surface area (TPSA) is 224 Å². The number of nitrogens with zero attached hydrogens (tertiary/aromatic N) is 4. The van der Waals surface area contributed by atoms with Crippen LogP contribution in [0.3, 0.4) is 0 Å². The molecule has 1 amide bonds. The lowest BCUT2D eigenvalue weighted by molar-refractivity contribution is -0.387. The van der Waals surface area contributed by atoms with Crippen LogP contribution < -0.4 is 10.5 Å². The number of esters is 2. The summed E-state index contributed by atoms with van der Waals surface area (Å²) in [5.41, 5.74) is 4.18. The Hall–Kier alpha value is -4.38. The zero-order valence-corrected chi connectivity index (χ0v) is 20.3. The quantitative estimate of drug-likeness (QED) is 0.110. The van der Waals surface area contributed by atoms with Crippen LogP contribution >= 0.6 is 0 Å². The Kier molecular flexibility index (Phi) is 8.18. The zero-order valence-electron chi connectivity index (χ0n) is 19.5. The number of carbonyl (C=O) groups is 3. The number of carbonyl (C=O) groups excluding carboxylic acids is 3. The molecule has 17 heteroatoms. The monoisotopic (exact) mass is 539 g/mol. The third-order valence-electron chi connectivity index (χ3n) is 5.02. The minimum absolute atomic E-state index is 0.0462. The molecule has 3 atom stereocenters. The molecule has 1 saturated heterocycles. The van der Waals surface area contributed by atoms with E-state index >= 15 is 0 Å². The van der Waals surface area contributed by atoms with Gasteiger partial charge in [0.2, 0.25) is 0 Å².